The van der Waals surface area contributed by atoms with Gasteiger partial charge in [-0.3, -0.25) is 0 Å². The monoisotopic (exact) mass is 267 g/mol. The molecule has 0 heterocycles. The van der Waals surface area contributed by atoms with Crippen LogP contribution in [0.4, 0.5) is 0 Å². The van der Waals surface area contributed by atoms with Gasteiger partial charge in [-0.1, -0.05) is 27.2 Å². The van der Waals surface area contributed by atoms with Gasteiger partial charge in [0.25, 0.3) is 0 Å². The Kier molecular flexibility index (Phi) is 4.94. The van der Waals surface area contributed by atoms with E-state index in [0.29, 0.717) is 10.8 Å². The highest BCUT2D eigenvalue weighted by atomic mass is 16.5. The summed E-state index contributed by atoms with van der Waals surface area (Å²) < 4.78 is 5.15. The normalized spacial score (nSPS) is 34.1. The average molecular weight is 267 g/mol. The molecule has 2 fully saturated rings. The molecule has 0 aromatic heterocycles. The molecule has 2 bridgehead atoms. The smallest absolute Gasteiger partial charge is 0.0587 e. The van der Waals surface area contributed by atoms with Crippen LogP contribution in [0.1, 0.15) is 59.3 Å². The molecule has 112 valence electrons. The van der Waals surface area contributed by atoms with Crippen molar-refractivity contribution in [2.45, 2.75) is 59.3 Å². The topological polar surface area (TPSA) is 21.3 Å². The Bertz CT molecular complexity index is 283. The van der Waals surface area contributed by atoms with Crippen molar-refractivity contribution in [3.8, 4) is 0 Å². The molecule has 1 N–H and O–H groups in total. The van der Waals surface area contributed by atoms with Crippen LogP contribution in [-0.2, 0) is 4.74 Å². The summed E-state index contributed by atoms with van der Waals surface area (Å²) in [5, 5.41) is 3.67. The van der Waals surface area contributed by atoms with E-state index in [2.05, 4.69) is 26.1 Å². The molecule has 19 heavy (non-hydrogen) atoms. The van der Waals surface area contributed by atoms with Crippen molar-refractivity contribution in [2.75, 3.05) is 26.8 Å². The van der Waals surface area contributed by atoms with E-state index in [1.54, 1.807) is 7.11 Å². The molecule has 2 heteroatoms. The van der Waals surface area contributed by atoms with Crippen LogP contribution < -0.4 is 5.32 Å². The van der Waals surface area contributed by atoms with Crippen molar-refractivity contribution < 1.29 is 4.74 Å². The number of hydrogen-bond acceptors (Lipinski definition) is 2. The fourth-order valence-corrected chi connectivity index (χ4v) is 4.30. The van der Waals surface area contributed by atoms with Crippen LogP contribution >= 0.6 is 0 Å². The minimum atomic E-state index is 0.474. The summed E-state index contributed by atoms with van der Waals surface area (Å²) in [7, 11) is 1.79. The van der Waals surface area contributed by atoms with E-state index < -0.39 is 0 Å². The van der Waals surface area contributed by atoms with Gasteiger partial charge >= 0.3 is 0 Å². The van der Waals surface area contributed by atoms with E-state index in [4.69, 9.17) is 4.74 Å². The Hall–Kier alpha value is -0.0800. The van der Waals surface area contributed by atoms with Crippen molar-refractivity contribution in [1.82, 2.24) is 5.32 Å². The Labute approximate surface area is 119 Å². The summed E-state index contributed by atoms with van der Waals surface area (Å²) in [6.07, 6.45) is 8.75. The van der Waals surface area contributed by atoms with E-state index in [1.807, 2.05) is 0 Å². The van der Waals surface area contributed by atoms with Crippen LogP contribution in [0.3, 0.4) is 0 Å². The zero-order valence-corrected chi connectivity index (χ0v) is 13.4. The maximum Gasteiger partial charge on any atom is 0.0587 e. The Morgan fingerprint density at radius 2 is 2.05 bits per heavy atom. The van der Waals surface area contributed by atoms with E-state index in [9.17, 15) is 0 Å². The second-order valence-electron chi connectivity index (χ2n) is 8.17. The fourth-order valence-electron chi connectivity index (χ4n) is 4.30. The average Bonchev–Trinajstić information content (AvgIpc) is 2.92. The van der Waals surface area contributed by atoms with Gasteiger partial charge in [-0.25, -0.2) is 0 Å². The number of fused-ring (bicyclic) bond motifs is 2. The highest BCUT2D eigenvalue weighted by molar-refractivity contribution is 5.01. The molecule has 2 saturated carbocycles. The van der Waals surface area contributed by atoms with Crippen molar-refractivity contribution in [1.29, 1.82) is 0 Å². The standard InChI is InChI=1S/C17H33NO/c1-16(2,3)7-8-17(13-18-9-10-19-4)12-14-5-6-15(17)11-14/h14-15,18H,5-13H2,1-4H3. The summed E-state index contributed by atoms with van der Waals surface area (Å²) in [4.78, 5) is 0. The van der Waals surface area contributed by atoms with Gasteiger partial charge in [0.05, 0.1) is 6.61 Å². The van der Waals surface area contributed by atoms with Crippen molar-refractivity contribution in [3.05, 3.63) is 0 Å². The first kappa shape index (κ1) is 15.3. The number of ether oxygens (including phenoxy) is 1. The molecule has 2 aliphatic carbocycles. The number of hydrogen-bond donors (Lipinski definition) is 1. The summed E-state index contributed by atoms with van der Waals surface area (Å²) in [6, 6.07) is 0. The first-order valence-corrected chi connectivity index (χ1v) is 8.15. The zero-order chi connectivity index (χ0) is 13.9. The maximum atomic E-state index is 5.15. The second-order valence-corrected chi connectivity index (χ2v) is 8.17. The van der Waals surface area contributed by atoms with Crippen LogP contribution in [0.2, 0.25) is 0 Å². The predicted octanol–water partition coefficient (Wildman–Crippen LogP) is 3.86. The molecule has 3 unspecified atom stereocenters. The molecular formula is C17H33NO. The maximum absolute atomic E-state index is 5.15. The van der Waals surface area contributed by atoms with Gasteiger partial charge in [0.1, 0.15) is 0 Å². The van der Waals surface area contributed by atoms with Crippen molar-refractivity contribution in [3.63, 3.8) is 0 Å². The molecule has 2 rings (SSSR count). The molecule has 0 spiro atoms. The third-order valence-corrected chi connectivity index (χ3v) is 5.44. The highest BCUT2D eigenvalue weighted by Crippen LogP contribution is 2.58. The molecule has 2 nitrogen and oxygen atoms in total. The van der Waals surface area contributed by atoms with Gasteiger partial charge in [-0.2, -0.15) is 0 Å². The van der Waals surface area contributed by atoms with Gasteiger partial charge in [0.15, 0.2) is 0 Å². The predicted molar refractivity (Wildman–Crippen MR) is 81.3 cm³/mol. The molecule has 0 aromatic rings. The lowest BCUT2D eigenvalue weighted by molar-refractivity contribution is 0.115. The molecule has 0 radical (unpaired) electrons. The lowest BCUT2D eigenvalue weighted by Gasteiger charge is -2.40. The van der Waals surface area contributed by atoms with Crippen LogP contribution in [0.5, 0.6) is 0 Å². The van der Waals surface area contributed by atoms with Gasteiger partial charge in [-0.05, 0) is 54.8 Å². The minimum Gasteiger partial charge on any atom is -0.383 e. The van der Waals surface area contributed by atoms with Crippen molar-refractivity contribution >= 4 is 0 Å². The Balaban J connectivity index is 1.90. The van der Waals surface area contributed by atoms with Crippen LogP contribution in [-0.4, -0.2) is 26.8 Å². The molecule has 3 atom stereocenters. The first-order valence-electron chi connectivity index (χ1n) is 8.15. The van der Waals surface area contributed by atoms with E-state index in [1.165, 1.54) is 45.1 Å². The third-order valence-electron chi connectivity index (χ3n) is 5.44. The SMILES string of the molecule is COCCNCC1(CCC(C)(C)C)CC2CCC1C2. The molecular weight excluding hydrogens is 234 g/mol. The van der Waals surface area contributed by atoms with Crippen LogP contribution in [0.15, 0.2) is 0 Å². The van der Waals surface area contributed by atoms with Gasteiger partial charge in [0, 0.05) is 20.2 Å². The number of nitrogens with one attached hydrogen (secondary N) is 1. The molecule has 0 amide bonds. The van der Waals surface area contributed by atoms with E-state index in [-0.39, 0.29) is 0 Å². The lowest BCUT2D eigenvalue weighted by atomic mass is 9.68. The van der Waals surface area contributed by atoms with E-state index >= 15 is 0 Å². The summed E-state index contributed by atoms with van der Waals surface area (Å²) in [5.74, 6) is 2.03. The minimum absolute atomic E-state index is 0.474. The summed E-state index contributed by atoms with van der Waals surface area (Å²) >= 11 is 0. The van der Waals surface area contributed by atoms with Crippen molar-refractivity contribution in [2.24, 2.45) is 22.7 Å². The van der Waals surface area contributed by atoms with Crippen LogP contribution in [0, 0.1) is 22.7 Å². The lowest BCUT2D eigenvalue weighted by Crippen LogP contribution is -2.40. The highest BCUT2D eigenvalue weighted by Gasteiger charge is 2.50. The molecule has 0 aromatic carbocycles. The molecule has 2 aliphatic rings. The van der Waals surface area contributed by atoms with Gasteiger partial charge in [0.2, 0.25) is 0 Å². The zero-order valence-electron chi connectivity index (χ0n) is 13.4. The van der Waals surface area contributed by atoms with Gasteiger partial charge in [-0.15, -0.1) is 0 Å². The Morgan fingerprint density at radius 1 is 1.26 bits per heavy atom. The Morgan fingerprint density at radius 3 is 2.58 bits per heavy atom. The quantitative estimate of drug-likeness (QED) is 0.707. The largest absolute Gasteiger partial charge is 0.383 e. The molecule has 0 aliphatic heterocycles. The summed E-state index contributed by atoms with van der Waals surface area (Å²) in [5.41, 5.74) is 1.07. The second kappa shape index (κ2) is 6.13. The van der Waals surface area contributed by atoms with Crippen LogP contribution in [0.25, 0.3) is 0 Å². The number of methoxy groups -OCH3 is 1. The summed E-state index contributed by atoms with van der Waals surface area (Å²) in [6.45, 7) is 10.2. The third kappa shape index (κ3) is 3.95. The fraction of sp³-hybridized carbons (Fsp3) is 1.00. The first-order chi connectivity index (χ1) is 8.95. The van der Waals surface area contributed by atoms with E-state index in [0.717, 1.165) is 25.0 Å². The molecule has 0 saturated heterocycles. The van der Waals surface area contributed by atoms with Gasteiger partial charge < -0.3 is 10.1 Å². The number of rotatable bonds is 7.